The normalized spacial score (nSPS) is 10.4. The van der Waals surface area contributed by atoms with E-state index < -0.39 is 0 Å². The fourth-order valence-electron chi connectivity index (χ4n) is 1.87. The second-order valence-corrected chi connectivity index (χ2v) is 3.85. The Morgan fingerprint density at radius 2 is 1.94 bits per heavy atom. The maximum atomic E-state index is 9.11. The number of aromatic nitrogens is 3. The molecule has 5 heteroatoms. The molecule has 3 rings (SSSR count). The topological polar surface area (TPSA) is 91.4 Å². The lowest BCUT2D eigenvalue weighted by Crippen LogP contribution is -1.90. The highest BCUT2D eigenvalue weighted by Gasteiger charge is 2.10. The second-order valence-electron chi connectivity index (χ2n) is 3.85. The van der Waals surface area contributed by atoms with Crippen molar-refractivity contribution < 1.29 is 0 Å². The zero-order chi connectivity index (χ0) is 12.5. The summed E-state index contributed by atoms with van der Waals surface area (Å²) in [6.45, 7) is 0. The van der Waals surface area contributed by atoms with Gasteiger partial charge >= 0.3 is 0 Å². The van der Waals surface area contributed by atoms with Crippen LogP contribution in [0, 0.1) is 11.3 Å². The number of nitriles is 1. The van der Waals surface area contributed by atoms with Gasteiger partial charge in [-0.2, -0.15) is 5.26 Å². The lowest BCUT2D eigenvalue weighted by Gasteiger charge is -2.01. The van der Waals surface area contributed by atoms with Crippen LogP contribution in [0.25, 0.3) is 22.3 Å². The molecular formula is C13H9N5. The SMILES string of the molecule is N#Cc1nc(-c2ccccc2)cc2[nH]c(N)nc12. The van der Waals surface area contributed by atoms with Gasteiger partial charge < -0.3 is 10.7 Å². The van der Waals surface area contributed by atoms with Gasteiger partial charge in [0.25, 0.3) is 0 Å². The molecule has 0 radical (unpaired) electrons. The number of nitrogens with one attached hydrogen (secondary N) is 1. The van der Waals surface area contributed by atoms with Crippen molar-refractivity contribution in [2.45, 2.75) is 0 Å². The number of H-pyrrole nitrogens is 1. The molecule has 0 aliphatic rings. The fourth-order valence-corrected chi connectivity index (χ4v) is 1.87. The van der Waals surface area contributed by atoms with Crippen LogP contribution in [0.15, 0.2) is 36.4 Å². The van der Waals surface area contributed by atoms with Gasteiger partial charge in [0.05, 0.1) is 11.2 Å². The van der Waals surface area contributed by atoms with Crippen LogP contribution in [0.5, 0.6) is 0 Å². The van der Waals surface area contributed by atoms with Gasteiger partial charge in [0.15, 0.2) is 11.6 Å². The van der Waals surface area contributed by atoms with Crippen LogP contribution in [0.2, 0.25) is 0 Å². The molecule has 0 bridgehead atoms. The molecule has 86 valence electrons. The van der Waals surface area contributed by atoms with E-state index in [1.165, 1.54) is 0 Å². The maximum absolute atomic E-state index is 9.11. The van der Waals surface area contributed by atoms with E-state index in [-0.39, 0.29) is 11.6 Å². The third-order valence-electron chi connectivity index (χ3n) is 2.66. The molecule has 3 aromatic rings. The van der Waals surface area contributed by atoms with E-state index in [1.807, 2.05) is 42.5 Å². The average molecular weight is 235 g/mol. The van der Waals surface area contributed by atoms with E-state index in [9.17, 15) is 0 Å². The Hall–Kier alpha value is -2.87. The number of aromatic amines is 1. The molecule has 0 spiro atoms. The number of anilines is 1. The number of hydrogen-bond acceptors (Lipinski definition) is 4. The minimum Gasteiger partial charge on any atom is -0.369 e. The Bertz CT molecular complexity index is 752. The summed E-state index contributed by atoms with van der Waals surface area (Å²) in [4.78, 5) is 11.3. The van der Waals surface area contributed by atoms with Gasteiger partial charge in [-0.3, -0.25) is 0 Å². The van der Waals surface area contributed by atoms with Crippen LogP contribution in [0.1, 0.15) is 5.69 Å². The van der Waals surface area contributed by atoms with Crippen LogP contribution >= 0.6 is 0 Å². The van der Waals surface area contributed by atoms with Gasteiger partial charge in [-0.1, -0.05) is 30.3 Å². The lowest BCUT2D eigenvalue weighted by atomic mass is 10.1. The van der Waals surface area contributed by atoms with Gasteiger partial charge in [0.2, 0.25) is 0 Å². The zero-order valence-electron chi connectivity index (χ0n) is 9.38. The first kappa shape index (κ1) is 10.3. The average Bonchev–Trinajstić information content (AvgIpc) is 2.78. The number of hydrogen-bond donors (Lipinski definition) is 2. The Kier molecular flexibility index (Phi) is 2.21. The van der Waals surface area contributed by atoms with Gasteiger partial charge in [0.1, 0.15) is 11.6 Å². The molecule has 2 heterocycles. The molecule has 1 aromatic carbocycles. The van der Waals surface area contributed by atoms with Crippen molar-refractivity contribution in [3.05, 3.63) is 42.1 Å². The van der Waals surface area contributed by atoms with E-state index in [0.717, 1.165) is 16.8 Å². The van der Waals surface area contributed by atoms with E-state index in [0.29, 0.717) is 5.52 Å². The summed E-state index contributed by atoms with van der Waals surface area (Å²) in [6, 6.07) is 13.5. The molecule has 0 atom stereocenters. The summed E-state index contributed by atoms with van der Waals surface area (Å²) >= 11 is 0. The van der Waals surface area contributed by atoms with Crippen molar-refractivity contribution in [1.82, 2.24) is 15.0 Å². The van der Waals surface area contributed by atoms with Crippen LogP contribution < -0.4 is 5.73 Å². The van der Waals surface area contributed by atoms with Crippen molar-refractivity contribution in [2.24, 2.45) is 0 Å². The number of fused-ring (bicyclic) bond motifs is 1. The standard InChI is InChI=1S/C13H9N5/c14-7-11-12-10(17-13(15)18-12)6-9(16-11)8-4-2-1-3-5-8/h1-6H,(H3,15,17,18). The third kappa shape index (κ3) is 1.57. The quantitative estimate of drug-likeness (QED) is 0.675. The fraction of sp³-hybridized carbons (Fsp3) is 0. The summed E-state index contributed by atoms with van der Waals surface area (Å²) < 4.78 is 0. The van der Waals surface area contributed by atoms with Crippen molar-refractivity contribution in [2.75, 3.05) is 5.73 Å². The van der Waals surface area contributed by atoms with Crippen molar-refractivity contribution >= 4 is 17.0 Å². The monoisotopic (exact) mass is 235 g/mol. The molecule has 0 aliphatic carbocycles. The Morgan fingerprint density at radius 3 is 2.67 bits per heavy atom. The van der Waals surface area contributed by atoms with Gasteiger partial charge in [-0.15, -0.1) is 0 Å². The smallest absolute Gasteiger partial charge is 0.198 e. The molecule has 0 saturated heterocycles. The van der Waals surface area contributed by atoms with Crippen LogP contribution in [0.3, 0.4) is 0 Å². The van der Waals surface area contributed by atoms with Crippen molar-refractivity contribution in [1.29, 1.82) is 5.26 Å². The first-order chi connectivity index (χ1) is 8.78. The van der Waals surface area contributed by atoms with E-state index in [1.54, 1.807) is 0 Å². The number of pyridine rings is 1. The molecule has 5 nitrogen and oxygen atoms in total. The van der Waals surface area contributed by atoms with Crippen LogP contribution in [-0.2, 0) is 0 Å². The minimum atomic E-state index is 0.277. The maximum Gasteiger partial charge on any atom is 0.198 e. The Labute approximate surface area is 103 Å². The Morgan fingerprint density at radius 1 is 1.17 bits per heavy atom. The Balaban J connectivity index is 2.30. The van der Waals surface area contributed by atoms with Gasteiger partial charge in [-0.05, 0) is 6.07 Å². The first-order valence-corrected chi connectivity index (χ1v) is 5.39. The highest BCUT2D eigenvalue weighted by Crippen LogP contribution is 2.23. The number of nitrogens with zero attached hydrogens (tertiary/aromatic N) is 3. The summed E-state index contributed by atoms with van der Waals surface area (Å²) in [5.74, 6) is 0.286. The third-order valence-corrected chi connectivity index (χ3v) is 2.66. The number of nitrogen functional groups attached to an aromatic ring is 1. The predicted octanol–water partition coefficient (Wildman–Crippen LogP) is 2.08. The van der Waals surface area contributed by atoms with Crippen molar-refractivity contribution in [3.8, 4) is 17.3 Å². The van der Waals surface area contributed by atoms with Gasteiger partial charge in [0, 0.05) is 5.56 Å². The van der Waals surface area contributed by atoms with E-state index in [4.69, 9.17) is 11.0 Å². The summed E-state index contributed by atoms with van der Waals surface area (Å²) in [7, 11) is 0. The lowest BCUT2D eigenvalue weighted by molar-refractivity contribution is 1.28. The molecule has 0 amide bonds. The molecule has 0 fully saturated rings. The van der Waals surface area contributed by atoms with E-state index >= 15 is 0 Å². The number of rotatable bonds is 1. The largest absolute Gasteiger partial charge is 0.369 e. The predicted molar refractivity (Wildman–Crippen MR) is 68.5 cm³/mol. The summed E-state index contributed by atoms with van der Waals surface area (Å²) in [5, 5.41) is 9.11. The van der Waals surface area contributed by atoms with Crippen LogP contribution in [-0.4, -0.2) is 15.0 Å². The number of benzene rings is 1. The zero-order valence-corrected chi connectivity index (χ0v) is 9.38. The molecule has 3 N–H and O–H groups in total. The number of imidazole rings is 1. The highest BCUT2D eigenvalue weighted by atomic mass is 15.0. The minimum absolute atomic E-state index is 0.277. The summed E-state index contributed by atoms with van der Waals surface area (Å²) in [6.07, 6.45) is 0. The number of nitrogens with two attached hydrogens (primary N) is 1. The molecule has 0 saturated carbocycles. The first-order valence-electron chi connectivity index (χ1n) is 5.39. The van der Waals surface area contributed by atoms with E-state index in [2.05, 4.69) is 15.0 Å². The summed E-state index contributed by atoms with van der Waals surface area (Å²) in [5.41, 5.74) is 8.78. The second kappa shape index (κ2) is 3.86. The van der Waals surface area contributed by atoms with Crippen LogP contribution in [0.4, 0.5) is 5.95 Å². The molecule has 0 aliphatic heterocycles. The molecular weight excluding hydrogens is 226 g/mol. The molecule has 0 unspecified atom stereocenters. The molecule has 18 heavy (non-hydrogen) atoms. The molecule has 2 aromatic heterocycles. The van der Waals surface area contributed by atoms with Crippen molar-refractivity contribution in [3.63, 3.8) is 0 Å². The highest BCUT2D eigenvalue weighted by molar-refractivity contribution is 5.85. The van der Waals surface area contributed by atoms with Gasteiger partial charge in [-0.25, -0.2) is 9.97 Å².